The highest BCUT2D eigenvalue weighted by atomic mass is 19.4. The molecule has 2 fully saturated rings. The third-order valence-corrected chi connectivity index (χ3v) is 5.55. The zero-order valence-electron chi connectivity index (χ0n) is 17.0. The number of carbonyl (C=O) groups excluding carboxylic acids is 1. The maximum atomic E-state index is 13.7. The number of benzene rings is 2. The molecule has 2 amide bonds. The number of halogens is 3. The minimum Gasteiger partial charge on any atom is -0.380 e. The number of urea groups is 1. The number of hydrogen-bond acceptors (Lipinski definition) is 4. The van der Waals surface area contributed by atoms with Gasteiger partial charge in [-0.1, -0.05) is 18.2 Å². The van der Waals surface area contributed by atoms with Crippen molar-refractivity contribution in [2.24, 2.45) is 0 Å². The summed E-state index contributed by atoms with van der Waals surface area (Å²) >= 11 is 0. The van der Waals surface area contributed by atoms with Gasteiger partial charge in [0.1, 0.15) is 0 Å². The SMILES string of the molecule is O=C(Nc1ccc(N2CCOCC2)cc1C(F)(F)F)N1CCC(Nc2ccccc2)C1. The fourth-order valence-electron chi connectivity index (χ4n) is 3.92. The highest BCUT2D eigenvalue weighted by molar-refractivity contribution is 5.91. The van der Waals surface area contributed by atoms with Crippen molar-refractivity contribution in [2.75, 3.05) is 54.9 Å². The summed E-state index contributed by atoms with van der Waals surface area (Å²) in [5.41, 5.74) is 0.353. The van der Waals surface area contributed by atoms with Gasteiger partial charge in [-0.15, -0.1) is 0 Å². The van der Waals surface area contributed by atoms with Gasteiger partial charge in [-0.2, -0.15) is 13.2 Å². The molecule has 31 heavy (non-hydrogen) atoms. The summed E-state index contributed by atoms with van der Waals surface area (Å²) in [5.74, 6) is 0. The first-order valence-electron chi connectivity index (χ1n) is 10.3. The van der Waals surface area contributed by atoms with Gasteiger partial charge in [0.15, 0.2) is 0 Å². The highest BCUT2D eigenvalue weighted by Crippen LogP contribution is 2.37. The van der Waals surface area contributed by atoms with Crippen molar-refractivity contribution in [3.05, 3.63) is 54.1 Å². The fourth-order valence-corrected chi connectivity index (χ4v) is 3.92. The number of hydrogen-bond donors (Lipinski definition) is 2. The van der Waals surface area contributed by atoms with Crippen molar-refractivity contribution in [1.29, 1.82) is 0 Å². The lowest BCUT2D eigenvalue weighted by Crippen LogP contribution is -2.37. The Balaban J connectivity index is 1.43. The van der Waals surface area contributed by atoms with Crippen LogP contribution in [0.5, 0.6) is 0 Å². The minimum absolute atomic E-state index is 0.0546. The first-order valence-corrected chi connectivity index (χ1v) is 10.3. The Labute approximate surface area is 179 Å². The first-order chi connectivity index (χ1) is 14.9. The maximum Gasteiger partial charge on any atom is 0.418 e. The second-order valence-electron chi connectivity index (χ2n) is 7.70. The number of alkyl halides is 3. The average Bonchev–Trinajstić information content (AvgIpc) is 3.23. The molecule has 0 aliphatic carbocycles. The van der Waals surface area contributed by atoms with Crippen LogP contribution in [0.15, 0.2) is 48.5 Å². The van der Waals surface area contributed by atoms with E-state index in [4.69, 9.17) is 4.74 Å². The van der Waals surface area contributed by atoms with E-state index in [1.165, 1.54) is 11.0 Å². The summed E-state index contributed by atoms with van der Waals surface area (Å²) in [6.45, 7) is 2.93. The second-order valence-corrected chi connectivity index (χ2v) is 7.70. The fraction of sp³-hybridized carbons (Fsp3) is 0.409. The van der Waals surface area contributed by atoms with Crippen molar-refractivity contribution in [3.63, 3.8) is 0 Å². The third-order valence-electron chi connectivity index (χ3n) is 5.55. The Hall–Kier alpha value is -2.94. The standard InChI is InChI=1S/C22H25F3N4O2/c23-22(24,25)19-14-18(28-10-12-31-13-11-28)6-7-20(19)27-21(30)29-9-8-17(15-29)26-16-4-2-1-3-5-16/h1-7,14,17,26H,8-13,15H2,(H,27,30). The molecule has 0 bridgehead atoms. The van der Waals surface area contributed by atoms with Crippen molar-refractivity contribution in [2.45, 2.75) is 18.6 Å². The first kappa shape index (κ1) is 21.3. The Morgan fingerprint density at radius 1 is 1.03 bits per heavy atom. The molecule has 0 saturated carbocycles. The molecule has 9 heteroatoms. The normalized spacial score (nSPS) is 19.4. The van der Waals surface area contributed by atoms with Crippen LogP contribution in [0, 0.1) is 0 Å². The van der Waals surface area contributed by atoms with Crippen molar-refractivity contribution in [1.82, 2.24) is 4.90 Å². The number of rotatable bonds is 4. The van der Waals surface area contributed by atoms with Crippen LogP contribution in [-0.4, -0.2) is 56.4 Å². The minimum atomic E-state index is -4.58. The molecule has 2 N–H and O–H groups in total. The number of para-hydroxylation sites is 1. The summed E-state index contributed by atoms with van der Waals surface area (Å²) in [6.07, 6.45) is -3.85. The number of nitrogens with zero attached hydrogens (tertiary/aromatic N) is 2. The van der Waals surface area contributed by atoms with Crippen LogP contribution < -0.4 is 15.5 Å². The zero-order chi connectivity index (χ0) is 21.8. The van der Waals surface area contributed by atoms with E-state index in [2.05, 4.69) is 10.6 Å². The number of likely N-dealkylation sites (tertiary alicyclic amines) is 1. The van der Waals surface area contributed by atoms with E-state index in [1.807, 2.05) is 35.2 Å². The largest absolute Gasteiger partial charge is 0.418 e. The van der Waals surface area contributed by atoms with E-state index in [0.717, 1.165) is 18.2 Å². The molecule has 0 aromatic heterocycles. The van der Waals surface area contributed by atoms with E-state index in [9.17, 15) is 18.0 Å². The van der Waals surface area contributed by atoms with Crippen LogP contribution >= 0.6 is 0 Å². The van der Waals surface area contributed by atoms with Gasteiger partial charge >= 0.3 is 12.2 Å². The van der Waals surface area contributed by atoms with E-state index in [0.29, 0.717) is 45.1 Å². The molecule has 2 saturated heterocycles. The molecule has 0 spiro atoms. The molecule has 1 unspecified atom stereocenters. The van der Waals surface area contributed by atoms with E-state index in [1.54, 1.807) is 6.07 Å². The van der Waals surface area contributed by atoms with Crippen LogP contribution in [0.4, 0.5) is 35.0 Å². The second kappa shape index (κ2) is 9.05. The topological polar surface area (TPSA) is 56.8 Å². The quantitative estimate of drug-likeness (QED) is 0.755. The van der Waals surface area contributed by atoms with Crippen LogP contribution in [0.1, 0.15) is 12.0 Å². The van der Waals surface area contributed by atoms with Crippen molar-refractivity contribution >= 4 is 23.1 Å². The predicted molar refractivity (Wildman–Crippen MR) is 114 cm³/mol. The van der Waals surface area contributed by atoms with Crippen LogP contribution in [0.3, 0.4) is 0 Å². The Kier molecular flexibility index (Phi) is 6.22. The lowest BCUT2D eigenvalue weighted by Gasteiger charge is -2.30. The Bertz CT molecular complexity index is 901. The van der Waals surface area contributed by atoms with E-state index >= 15 is 0 Å². The summed E-state index contributed by atoms with van der Waals surface area (Å²) in [5, 5.41) is 5.82. The summed E-state index contributed by atoms with van der Waals surface area (Å²) in [4.78, 5) is 16.1. The number of nitrogens with one attached hydrogen (secondary N) is 2. The lowest BCUT2D eigenvalue weighted by molar-refractivity contribution is -0.136. The van der Waals surface area contributed by atoms with Gasteiger partial charge in [0, 0.05) is 43.6 Å². The summed E-state index contributed by atoms with van der Waals surface area (Å²) in [7, 11) is 0. The van der Waals surface area contributed by atoms with Gasteiger partial charge in [-0.3, -0.25) is 0 Å². The van der Waals surface area contributed by atoms with Crippen LogP contribution in [0.25, 0.3) is 0 Å². The van der Waals surface area contributed by atoms with Gasteiger partial charge in [-0.05, 0) is 36.8 Å². The molecule has 166 valence electrons. The Morgan fingerprint density at radius 2 is 1.77 bits per heavy atom. The van der Waals surface area contributed by atoms with Crippen LogP contribution in [-0.2, 0) is 10.9 Å². The highest BCUT2D eigenvalue weighted by Gasteiger charge is 2.36. The molecule has 4 rings (SSSR count). The number of morpholine rings is 1. The molecule has 2 aliphatic heterocycles. The zero-order valence-corrected chi connectivity index (χ0v) is 17.0. The van der Waals surface area contributed by atoms with Gasteiger partial charge < -0.3 is 25.2 Å². The smallest absolute Gasteiger partial charge is 0.380 e. The predicted octanol–water partition coefficient (Wildman–Crippen LogP) is 4.26. The number of carbonyl (C=O) groups is 1. The summed E-state index contributed by atoms with van der Waals surface area (Å²) in [6, 6.07) is 13.2. The Morgan fingerprint density at radius 3 is 2.48 bits per heavy atom. The van der Waals surface area contributed by atoms with E-state index < -0.39 is 17.8 Å². The number of ether oxygens (including phenoxy) is 1. The molecular formula is C22H25F3N4O2. The van der Waals surface area contributed by atoms with Gasteiger partial charge in [0.05, 0.1) is 24.5 Å². The van der Waals surface area contributed by atoms with Gasteiger partial charge in [0.25, 0.3) is 0 Å². The molecular weight excluding hydrogens is 409 g/mol. The molecule has 2 heterocycles. The summed E-state index contributed by atoms with van der Waals surface area (Å²) < 4.78 is 46.4. The van der Waals surface area contributed by atoms with Gasteiger partial charge in [-0.25, -0.2) is 4.79 Å². The molecule has 1 atom stereocenters. The number of amides is 2. The maximum absolute atomic E-state index is 13.7. The van der Waals surface area contributed by atoms with Gasteiger partial charge in [0.2, 0.25) is 0 Å². The molecule has 2 aliphatic rings. The monoisotopic (exact) mass is 434 g/mol. The average molecular weight is 434 g/mol. The molecule has 6 nitrogen and oxygen atoms in total. The van der Waals surface area contributed by atoms with E-state index in [-0.39, 0.29) is 11.7 Å². The molecule has 2 aromatic carbocycles. The number of anilines is 3. The third kappa shape index (κ3) is 5.22. The lowest BCUT2D eigenvalue weighted by atomic mass is 10.1. The van der Waals surface area contributed by atoms with Crippen molar-refractivity contribution < 1.29 is 22.7 Å². The van der Waals surface area contributed by atoms with Crippen molar-refractivity contribution in [3.8, 4) is 0 Å². The molecule has 2 aromatic rings. The molecule has 0 radical (unpaired) electrons. The van der Waals surface area contributed by atoms with Crippen LogP contribution in [0.2, 0.25) is 0 Å².